The summed E-state index contributed by atoms with van der Waals surface area (Å²) in [5, 5.41) is 5.53. The molecule has 2 aromatic carbocycles. The Balaban J connectivity index is 1.99. The van der Waals surface area contributed by atoms with Crippen molar-refractivity contribution < 1.29 is 4.21 Å². The predicted octanol–water partition coefficient (Wildman–Crippen LogP) is 2.77. The molecule has 1 unspecified atom stereocenters. The van der Waals surface area contributed by atoms with Gasteiger partial charge in [0.15, 0.2) is 0 Å². The lowest BCUT2D eigenvalue weighted by atomic mass is 10.2. The number of nitrogens with two attached hydrogens (primary N) is 1. The van der Waals surface area contributed by atoms with Crippen molar-refractivity contribution in [2.75, 3.05) is 5.73 Å². The Labute approximate surface area is 126 Å². The molecule has 0 radical (unpaired) electrons. The van der Waals surface area contributed by atoms with Gasteiger partial charge in [-0.3, -0.25) is 8.89 Å². The highest BCUT2D eigenvalue weighted by molar-refractivity contribution is 7.84. The lowest BCUT2D eigenvalue weighted by Gasteiger charge is -2.06. The first-order chi connectivity index (χ1) is 10.1. The second-order valence-corrected chi connectivity index (χ2v) is 6.54. The minimum atomic E-state index is -1.20. The third-order valence-corrected chi connectivity index (χ3v) is 4.90. The van der Waals surface area contributed by atoms with Crippen molar-refractivity contribution in [2.45, 2.75) is 17.6 Å². The third kappa shape index (κ3) is 2.56. The first-order valence-corrected chi connectivity index (χ1v) is 8.03. The average Bonchev–Trinajstić information content (AvgIpc) is 2.78. The molecule has 0 fully saturated rings. The molecular formula is C16H17N3OS. The van der Waals surface area contributed by atoms with Gasteiger partial charge in [0.05, 0.1) is 32.7 Å². The quantitative estimate of drug-likeness (QED) is 0.756. The molecule has 1 heterocycles. The topological polar surface area (TPSA) is 60.9 Å². The van der Waals surface area contributed by atoms with Crippen LogP contribution >= 0.6 is 0 Å². The SMILES string of the molecule is Cc1ccc(N)c(S(=O)Cc2nn(C)c3ccccc23)c1. The first-order valence-electron chi connectivity index (χ1n) is 6.71. The molecule has 3 rings (SSSR count). The fraction of sp³-hybridized carbons (Fsp3) is 0.188. The Kier molecular flexibility index (Phi) is 3.51. The average molecular weight is 299 g/mol. The van der Waals surface area contributed by atoms with Gasteiger partial charge in [0.2, 0.25) is 0 Å². The molecule has 5 heteroatoms. The van der Waals surface area contributed by atoms with Crippen LogP contribution in [0.1, 0.15) is 11.3 Å². The largest absolute Gasteiger partial charge is 0.398 e. The molecule has 0 amide bonds. The summed E-state index contributed by atoms with van der Waals surface area (Å²) in [6.07, 6.45) is 0. The third-order valence-electron chi connectivity index (χ3n) is 3.52. The zero-order valence-electron chi connectivity index (χ0n) is 12.0. The molecule has 0 aliphatic rings. The molecule has 2 N–H and O–H groups in total. The molecule has 1 aromatic heterocycles. The zero-order valence-corrected chi connectivity index (χ0v) is 12.9. The Hall–Kier alpha value is -2.14. The monoisotopic (exact) mass is 299 g/mol. The summed E-state index contributed by atoms with van der Waals surface area (Å²) < 4.78 is 14.4. The summed E-state index contributed by atoms with van der Waals surface area (Å²) in [6.45, 7) is 1.97. The molecule has 0 aliphatic carbocycles. The van der Waals surface area contributed by atoms with Gasteiger partial charge >= 0.3 is 0 Å². The van der Waals surface area contributed by atoms with E-state index in [4.69, 9.17) is 5.73 Å². The molecule has 0 aliphatic heterocycles. The van der Waals surface area contributed by atoms with E-state index in [1.54, 1.807) is 6.07 Å². The van der Waals surface area contributed by atoms with E-state index in [0.29, 0.717) is 16.3 Å². The summed E-state index contributed by atoms with van der Waals surface area (Å²) in [5.41, 5.74) is 9.45. The fourth-order valence-electron chi connectivity index (χ4n) is 2.44. The van der Waals surface area contributed by atoms with Gasteiger partial charge in [-0.2, -0.15) is 5.10 Å². The normalized spacial score (nSPS) is 12.7. The van der Waals surface area contributed by atoms with Crippen LogP contribution in [0.15, 0.2) is 47.4 Å². The smallest absolute Gasteiger partial charge is 0.0831 e. The van der Waals surface area contributed by atoms with Crippen molar-refractivity contribution in [2.24, 2.45) is 7.05 Å². The fourth-order valence-corrected chi connectivity index (χ4v) is 3.70. The van der Waals surface area contributed by atoms with Crippen LogP contribution in [-0.2, 0) is 23.6 Å². The summed E-state index contributed by atoms with van der Waals surface area (Å²) in [6, 6.07) is 13.6. The van der Waals surface area contributed by atoms with Crippen LogP contribution in [0.3, 0.4) is 0 Å². The maximum atomic E-state index is 12.6. The highest BCUT2D eigenvalue weighted by Gasteiger charge is 2.14. The highest BCUT2D eigenvalue weighted by atomic mass is 32.2. The van der Waals surface area contributed by atoms with Crippen molar-refractivity contribution in [3.8, 4) is 0 Å². The van der Waals surface area contributed by atoms with Crippen LogP contribution < -0.4 is 5.73 Å². The zero-order chi connectivity index (χ0) is 15.0. The molecule has 0 spiro atoms. The van der Waals surface area contributed by atoms with Gasteiger partial charge in [-0.05, 0) is 30.7 Å². The summed E-state index contributed by atoms with van der Waals surface area (Å²) in [4.78, 5) is 0.685. The minimum Gasteiger partial charge on any atom is -0.398 e. The Morgan fingerprint density at radius 2 is 2.00 bits per heavy atom. The molecule has 3 aromatic rings. The maximum absolute atomic E-state index is 12.6. The van der Waals surface area contributed by atoms with E-state index in [1.807, 2.05) is 55.1 Å². The minimum absolute atomic E-state index is 0.370. The van der Waals surface area contributed by atoms with Crippen LogP contribution in [0, 0.1) is 6.92 Å². The molecule has 21 heavy (non-hydrogen) atoms. The molecule has 1 atom stereocenters. The first kappa shape index (κ1) is 13.8. The van der Waals surface area contributed by atoms with Gasteiger partial charge in [0.1, 0.15) is 0 Å². The van der Waals surface area contributed by atoms with Gasteiger partial charge in [-0.1, -0.05) is 24.3 Å². The number of aryl methyl sites for hydroxylation is 2. The maximum Gasteiger partial charge on any atom is 0.0831 e. The second kappa shape index (κ2) is 5.33. The van der Waals surface area contributed by atoms with Crippen LogP contribution in [0.5, 0.6) is 0 Å². The summed E-state index contributed by atoms with van der Waals surface area (Å²) in [7, 11) is 0.699. The van der Waals surface area contributed by atoms with Gasteiger partial charge in [-0.15, -0.1) is 0 Å². The van der Waals surface area contributed by atoms with Crippen molar-refractivity contribution in [3.63, 3.8) is 0 Å². The van der Waals surface area contributed by atoms with Crippen LogP contribution in [0.2, 0.25) is 0 Å². The van der Waals surface area contributed by atoms with E-state index in [9.17, 15) is 4.21 Å². The van der Waals surface area contributed by atoms with E-state index >= 15 is 0 Å². The van der Waals surface area contributed by atoms with Crippen molar-refractivity contribution in [1.29, 1.82) is 0 Å². The van der Waals surface area contributed by atoms with E-state index in [1.165, 1.54) is 0 Å². The second-order valence-electron chi connectivity index (χ2n) is 5.12. The Morgan fingerprint density at radius 3 is 2.81 bits per heavy atom. The Bertz CT molecular complexity index is 839. The predicted molar refractivity (Wildman–Crippen MR) is 86.4 cm³/mol. The summed E-state index contributed by atoms with van der Waals surface area (Å²) in [5.74, 6) is 0.370. The van der Waals surface area contributed by atoms with Crippen molar-refractivity contribution in [3.05, 3.63) is 53.7 Å². The molecule has 0 saturated heterocycles. The van der Waals surface area contributed by atoms with Crippen LogP contribution in [-0.4, -0.2) is 14.0 Å². The number of hydrogen-bond donors (Lipinski definition) is 1. The number of benzene rings is 2. The number of rotatable bonds is 3. The summed E-state index contributed by atoms with van der Waals surface area (Å²) >= 11 is 0. The van der Waals surface area contributed by atoms with Crippen LogP contribution in [0.25, 0.3) is 10.9 Å². The van der Waals surface area contributed by atoms with E-state index < -0.39 is 10.8 Å². The number of fused-ring (bicyclic) bond motifs is 1. The van der Waals surface area contributed by atoms with Crippen molar-refractivity contribution in [1.82, 2.24) is 9.78 Å². The Morgan fingerprint density at radius 1 is 1.24 bits per heavy atom. The number of hydrogen-bond acceptors (Lipinski definition) is 3. The molecular weight excluding hydrogens is 282 g/mol. The highest BCUT2D eigenvalue weighted by Crippen LogP contribution is 2.24. The van der Waals surface area contributed by atoms with Gasteiger partial charge in [0.25, 0.3) is 0 Å². The van der Waals surface area contributed by atoms with Gasteiger partial charge < -0.3 is 5.73 Å². The van der Waals surface area contributed by atoms with Gasteiger partial charge in [0, 0.05) is 18.1 Å². The van der Waals surface area contributed by atoms with E-state index in [2.05, 4.69) is 5.10 Å². The lowest BCUT2D eigenvalue weighted by Crippen LogP contribution is -2.02. The standard InChI is InChI=1S/C16H17N3OS/c1-11-7-8-13(17)16(9-11)21(20)10-14-12-5-3-4-6-15(12)19(2)18-14/h3-9H,10,17H2,1-2H3. The molecule has 0 bridgehead atoms. The molecule has 108 valence electrons. The molecule has 4 nitrogen and oxygen atoms in total. The number of para-hydroxylation sites is 1. The van der Waals surface area contributed by atoms with E-state index in [0.717, 1.165) is 22.2 Å². The van der Waals surface area contributed by atoms with Crippen molar-refractivity contribution >= 4 is 27.4 Å². The van der Waals surface area contributed by atoms with Crippen LogP contribution in [0.4, 0.5) is 5.69 Å². The number of anilines is 1. The number of nitrogen functional groups attached to an aromatic ring is 1. The number of aromatic nitrogens is 2. The van der Waals surface area contributed by atoms with E-state index in [-0.39, 0.29) is 0 Å². The van der Waals surface area contributed by atoms with Gasteiger partial charge in [-0.25, -0.2) is 0 Å². The number of nitrogens with zero attached hydrogens (tertiary/aromatic N) is 2. The lowest BCUT2D eigenvalue weighted by molar-refractivity contribution is 0.681. The molecule has 0 saturated carbocycles.